The summed E-state index contributed by atoms with van der Waals surface area (Å²) in [4.78, 5) is 38.6. The largest absolute Gasteiger partial charge is 0.404 e. The van der Waals surface area contributed by atoms with E-state index in [1.54, 1.807) is 37.0 Å². The van der Waals surface area contributed by atoms with Gasteiger partial charge in [0.2, 0.25) is 5.91 Å². The Labute approximate surface area is 232 Å². The zero-order valence-electron chi connectivity index (χ0n) is 22.8. The van der Waals surface area contributed by atoms with Gasteiger partial charge >= 0.3 is 0 Å². The lowest BCUT2D eigenvalue weighted by molar-refractivity contribution is -0.117. The Morgan fingerprint density at radius 1 is 1.33 bits per heavy atom. The first-order chi connectivity index (χ1) is 18.8. The Kier molecular flexibility index (Phi) is 9.44. The summed E-state index contributed by atoms with van der Waals surface area (Å²) in [6.45, 7) is 8.19. The van der Waals surface area contributed by atoms with Crippen molar-refractivity contribution in [1.29, 1.82) is 0 Å². The Morgan fingerprint density at radius 2 is 2.15 bits per heavy atom. The van der Waals surface area contributed by atoms with E-state index in [9.17, 15) is 9.59 Å². The fourth-order valence-corrected chi connectivity index (χ4v) is 5.72. The van der Waals surface area contributed by atoms with Gasteiger partial charge in [0.25, 0.3) is 5.91 Å². The molecular weight excluding hydrogens is 516 g/mol. The van der Waals surface area contributed by atoms with Crippen molar-refractivity contribution in [2.24, 2.45) is 10.7 Å². The van der Waals surface area contributed by atoms with Crippen LogP contribution < -0.4 is 16.4 Å². The lowest BCUT2D eigenvalue weighted by Gasteiger charge is -2.27. The van der Waals surface area contributed by atoms with Gasteiger partial charge in [-0.25, -0.2) is 4.52 Å². The Balaban J connectivity index is 1.45. The molecule has 1 fully saturated rings. The highest BCUT2D eigenvalue weighted by atomic mass is 32.1. The van der Waals surface area contributed by atoms with Gasteiger partial charge in [-0.05, 0) is 46.2 Å². The molecule has 1 saturated heterocycles. The minimum Gasteiger partial charge on any atom is -0.404 e. The highest BCUT2D eigenvalue weighted by molar-refractivity contribution is 7.19. The first-order valence-corrected chi connectivity index (χ1v) is 13.8. The molecule has 0 aliphatic carbocycles. The standard InChI is InChI=1S/C27H36N8O3S/c1-17(2)34-8-5-6-21(34)11-25(36)32-20-10-23(18(3)30-14-20)33-26(37)22-15-31-35-16-24(39-27(22)35)19(12-28)13-29-7-9-38-4/h10,12-17,21H,5-9,11,28H2,1-4H3,(H,32,36)(H,33,37). The van der Waals surface area contributed by atoms with E-state index < -0.39 is 0 Å². The van der Waals surface area contributed by atoms with Gasteiger partial charge in [0, 0.05) is 49.8 Å². The van der Waals surface area contributed by atoms with Crippen LogP contribution in [0.4, 0.5) is 11.4 Å². The van der Waals surface area contributed by atoms with Crippen molar-refractivity contribution < 1.29 is 14.3 Å². The molecule has 2 amide bonds. The van der Waals surface area contributed by atoms with E-state index in [1.165, 1.54) is 23.7 Å². The van der Waals surface area contributed by atoms with Crippen LogP contribution in [-0.4, -0.2) is 76.4 Å². The topological polar surface area (TPSA) is 139 Å². The van der Waals surface area contributed by atoms with Crippen LogP contribution in [0.25, 0.3) is 10.4 Å². The molecule has 1 unspecified atom stereocenters. The number of methoxy groups -OCH3 is 1. The quantitative estimate of drug-likeness (QED) is 0.244. The number of rotatable bonds is 11. The SMILES string of the molecule is COCCN=CC(=CN)c1cn2ncc(C(=O)Nc3cc(NC(=O)CC4CCCN4C(C)C)cnc3C)c2s1. The fourth-order valence-electron chi connectivity index (χ4n) is 4.67. The summed E-state index contributed by atoms with van der Waals surface area (Å²) in [5.41, 5.74) is 8.66. The number of nitrogens with zero attached hydrogens (tertiary/aromatic N) is 5. The number of aromatic nitrogens is 3. The molecular formula is C27H36N8O3S. The average molecular weight is 553 g/mol. The maximum absolute atomic E-state index is 13.2. The molecule has 0 saturated carbocycles. The summed E-state index contributed by atoms with van der Waals surface area (Å²) in [6.07, 6.45) is 10.7. The lowest BCUT2D eigenvalue weighted by atomic mass is 10.1. The van der Waals surface area contributed by atoms with Gasteiger partial charge in [0.05, 0.1) is 53.1 Å². The number of thiazole rings is 1. The normalized spacial score (nSPS) is 16.5. The van der Waals surface area contributed by atoms with Crippen LogP contribution in [0.5, 0.6) is 0 Å². The highest BCUT2D eigenvalue weighted by Gasteiger charge is 2.28. The number of fused-ring (bicyclic) bond motifs is 1. The highest BCUT2D eigenvalue weighted by Crippen LogP contribution is 2.28. The summed E-state index contributed by atoms with van der Waals surface area (Å²) in [5.74, 6) is -0.383. The predicted octanol–water partition coefficient (Wildman–Crippen LogP) is 3.57. The molecule has 12 heteroatoms. The molecule has 0 bridgehead atoms. The van der Waals surface area contributed by atoms with Crippen molar-refractivity contribution in [3.8, 4) is 0 Å². The number of anilines is 2. The van der Waals surface area contributed by atoms with E-state index >= 15 is 0 Å². The van der Waals surface area contributed by atoms with E-state index in [2.05, 4.69) is 44.5 Å². The molecule has 4 N–H and O–H groups in total. The van der Waals surface area contributed by atoms with E-state index in [0.717, 1.165) is 29.8 Å². The summed E-state index contributed by atoms with van der Waals surface area (Å²) in [7, 11) is 1.62. The number of aryl methyl sites for hydroxylation is 1. The monoisotopic (exact) mass is 552 g/mol. The number of pyridine rings is 1. The summed E-state index contributed by atoms with van der Waals surface area (Å²) in [6, 6.07) is 2.39. The molecule has 39 heavy (non-hydrogen) atoms. The van der Waals surface area contributed by atoms with Gasteiger partial charge in [0.15, 0.2) is 0 Å². The molecule has 11 nitrogen and oxygen atoms in total. The molecule has 0 spiro atoms. The number of amides is 2. The first-order valence-electron chi connectivity index (χ1n) is 13.0. The second-order valence-corrected chi connectivity index (χ2v) is 10.8. The number of aliphatic imine (C=N–C) groups is 1. The molecule has 3 aromatic rings. The number of ether oxygens (including phenoxy) is 1. The zero-order valence-corrected chi connectivity index (χ0v) is 23.6. The van der Waals surface area contributed by atoms with E-state index in [-0.39, 0.29) is 17.9 Å². The van der Waals surface area contributed by atoms with Crippen molar-refractivity contribution in [1.82, 2.24) is 19.5 Å². The fraction of sp³-hybridized carbons (Fsp3) is 0.444. The van der Waals surface area contributed by atoms with Crippen molar-refractivity contribution >= 4 is 51.1 Å². The van der Waals surface area contributed by atoms with Crippen molar-refractivity contribution in [2.45, 2.75) is 52.1 Å². The van der Waals surface area contributed by atoms with Crippen LogP contribution >= 0.6 is 11.3 Å². The van der Waals surface area contributed by atoms with Gasteiger partial charge in [0.1, 0.15) is 4.83 Å². The molecule has 3 aromatic heterocycles. The third-order valence-electron chi connectivity index (χ3n) is 6.69. The zero-order chi connectivity index (χ0) is 27.9. The van der Waals surface area contributed by atoms with Gasteiger partial charge in [-0.1, -0.05) is 0 Å². The number of nitrogens with one attached hydrogen (secondary N) is 2. The van der Waals surface area contributed by atoms with Crippen LogP contribution in [-0.2, 0) is 9.53 Å². The average Bonchev–Trinajstić information content (AvgIpc) is 3.62. The molecule has 0 radical (unpaired) electrons. The van der Waals surface area contributed by atoms with Crippen LogP contribution in [0.15, 0.2) is 35.8 Å². The van der Waals surface area contributed by atoms with Gasteiger partial charge in [-0.3, -0.25) is 24.5 Å². The molecule has 1 aliphatic heterocycles. The van der Waals surface area contributed by atoms with Crippen LogP contribution in [0, 0.1) is 6.92 Å². The predicted molar refractivity (Wildman–Crippen MR) is 156 cm³/mol. The first kappa shape index (κ1) is 28.4. The molecule has 4 rings (SSSR count). The number of likely N-dealkylation sites (tertiary alicyclic amines) is 1. The summed E-state index contributed by atoms with van der Waals surface area (Å²) >= 11 is 1.39. The minimum absolute atomic E-state index is 0.0607. The van der Waals surface area contributed by atoms with Gasteiger partial charge < -0.3 is 21.1 Å². The lowest BCUT2D eigenvalue weighted by Crippen LogP contribution is -2.37. The summed E-state index contributed by atoms with van der Waals surface area (Å²) in [5, 5.41) is 10.2. The number of carbonyl (C=O) groups excluding carboxylic acids is 2. The Morgan fingerprint density at radius 3 is 2.90 bits per heavy atom. The van der Waals surface area contributed by atoms with Gasteiger partial charge in [-0.2, -0.15) is 5.10 Å². The number of nitrogens with two attached hydrogens (primary N) is 1. The van der Waals surface area contributed by atoms with Crippen LogP contribution in [0.1, 0.15) is 54.0 Å². The molecule has 4 heterocycles. The van der Waals surface area contributed by atoms with E-state index in [1.807, 2.05) is 6.20 Å². The number of hydrogen-bond acceptors (Lipinski definition) is 9. The second-order valence-electron chi connectivity index (χ2n) is 9.74. The number of allylic oxidation sites excluding steroid dienone is 1. The minimum atomic E-state index is -0.322. The van der Waals surface area contributed by atoms with Crippen molar-refractivity contribution in [3.05, 3.63) is 47.0 Å². The second kappa shape index (κ2) is 13.0. The number of hydrogen-bond donors (Lipinski definition) is 3. The summed E-state index contributed by atoms with van der Waals surface area (Å²) < 4.78 is 6.66. The molecule has 0 aromatic carbocycles. The maximum Gasteiger partial charge on any atom is 0.260 e. The third kappa shape index (κ3) is 6.88. The van der Waals surface area contributed by atoms with Crippen LogP contribution in [0.2, 0.25) is 0 Å². The van der Waals surface area contributed by atoms with E-state index in [4.69, 9.17) is 10.5 Å². The third-order valence-corrected chi connectivity index (χ3v) is 7.85. The molecule has 1 aliphatic rings. The molecule has 208 valence electrons. The molecule has 1 atom stereocenters. The van der Waals surface area contributed by atoms with Gasteiger partial charge in [-0.15, -0.1) is 11.3 Å². The van der Waals surface area contributed by atoms with E-state index in [0.29, 0.717) is 53.1 Å². The van der Waals surface area contributed by atoms with Crippen molar-refractivity contribution in [3.63, 3.8) is 0 Å². The van der Waals surface area contributed by atoms with Crippen molar-refractivity contribution in [2.75, 3.05) is 37.4 Å². The van der Waals surface area contributed by atoms with Crippen LogP contribution in [0.3, 0.4) is 0 Å². The Hall–Kier alpha value is -3.61. The maximum atomic E-state index is 13.2. The smallest absolute Gasteiger partial charge is 0.260 e. The Bertz CT molecular complexity index is 1380. The number of carbonyl (C=O) groups is 2.